The highest BCUT2D eigenvalue weighted by Gasteiger charge is 2.20. The van der Waals surface area contributed by atoms with E-state index in [1.165, 1.54) is 13.2 Å². The van der Waals surface area contributed by atoms with Crippen molar-refractivity contribution in [1.82, 2.24) is 9.71 Å². The minimum Gasteiger partial charge on any atom is -0.495 e. The monoisotopic (exact) mass is 388 g/mol. The third-order valence-electron chi connectivity index (χ3n) is 3.64. The summed E-state index contributed by atoms with van der Waals surface area (Å²) < 4.78 is 51.6. The maximum absolute atomic E-state index is 13.5. The van der Waals surface area contributed by atoms with Gasteiger partial charge in [0.25, 0.3) is 0 Å². The molecule has 8 heteroatoms. The van der Waals surface area contributed by atoms with E-state index in [9.17, 15) is 12.8 Å². The Morgan fingerprint density at radius 1 is 1.07 bits per heavy atom. The Balaban J connectivity index is 1.75. The third-order valence-corrected chi connectivity index (χ3v) is 5.06. The normalized spacial score (nSPS) is 11.2. The molecule has 3 rings (SSSR count). The van der Waals surface area contributed by atoms with Gasteiger partial charge in [0, 0.05) is 18.8 Å². The molecule has 0 saturated heterocycles. The minimum atomic E-state index is -3.96. The number of pyridine rings is 1. The van der Waals surface area contributed by atoms with Gasteiger partial charge in [-0.25, -0.2) is 22.5 Å². The van der Waals surface area contributed by atoms with Gasteiger partial charge in [-0.3, -0.25) is 0 Å². The van der Waals surface area contributed by atoms with Crippen LogP contribution >= 0.6 is 0 Å². The molecular formula is C19H17FN2O4S. The largest absolute Gasteiger partial charge is 0.495 e. The molecule has 1 heterocycles. The summed E-state index contributed by atoms with van der Waals surface area (Å²) in [6.45, 7) is 0.00141. The highest BCUT2D eigenvalue weighted by molar-refractivity contribution is 7.89. The fourth-order valence-corrected chi connectivity index (χ4v) is 3.56. The fourth-order valence-electron chi connectivity index (χ4n) is 2.36. The molecule has 0 unspecified atom stereocenters. The zero-order chi connectivity index (χ0) is 19.3. The standard InChI is InChI=1S/C19H17FN2O4S/c1-25-17-9-8-15(20)12-18(17)27(23,24)22-13-14-5-4-6-16(11-14)26-19-7-2-3-10-21-19/h2-12,22H,13H2,1H3. The van der Waals surface area contributed by atoms with E-state index in [-0.39, 0.29) is 17.2 Å². The smallest absolute Gasteiger partial charge is 0.244 e. The number of nitrogens with zero attached hydrogens (tertiary/aromatic N) is 1. The number of hydrogen-bond donors (Lipinski definition) is 1. The van der Waals surface area contributed by atoms with Crippen molar-refractivity contribution in [3.63, 3.8) is 0 Å². The lowest BCUT2D eigenvalue weighted by Crippen LogP contribution is -2.24. The summed E-state index contributed by atoms with van der Waals surface area (Å²) >= 11 is 0. The van der Waals surface area contributed by atoms with Crippen molar-refractivity contribution in [2.75, 3.05) is 7.11 Å². The van der Waals surface area contributed by atoms with Gasteiger partial charge in [-0.2, -0.15) is 0 Å². The Labute approximate surface area is 156 Å². The van der Waals surface area contributed by atoms with E-state index in [1.807, 2.05) is 0 Å². The van der Waals surface area contributed by atoms with Gasteiger partial charge < -0.3 is 9.47 Å². The number of nitrogens with one attached hydrogen (secondary N) is 1. The number of halogens is 1. The maximum Gasteiger partial charge on any atom is 0.244 e. The molecule has 0 atom stereocenters. The van der Waals surface area contributed by atoms with Crippen LogP contribution in [0.4, 0.5) is 4.39 Å². The zero-order valence-electron chi connectivity index (χ0n) is 14.4. The molecule has 0 saturated carbocycles. The first-order valence-corrected chi connectivity index (χ1v) is 9.47. The molecular weight excluding hydrogens is 371 g/mol. The zero-order valence-corrected chi connectivity index (χ0v) is 15.2. The lowest BCUT2D eigenvalue weighted by atomic mass is 10.2. The van der Waals surface area contributed by atoms with Crippen molar-refractivity contribution in [1.29, 1.82) is 0 Å². The van der Waals surface area contributed by atoms with Gasteiger partial charge in [0.15, 0.2) is 0 Å². The summed E-state index contributed by atoms with van der Waals surface area (Å²) in [6, 6.07) is 15.5. The molecule has 0 aliphatic carbocycles. The molecule has 2 aromatic carbocycles. The van der Waals surface area contributed by atoms with E-state index in [1.54, 1.807) is 48.7 Å². The van der Waals surface area contributed by atoms with Crippen LogP contribution in [0.3, 0.4) is 0 Å². The molecule has 0 fully saturated rings. The molecule has 27 heavy (non-hydrogen) atoms. The number of rotatable bonds is 7. The van der Waals surface area contributed by atoms with E-state index in [2.05, 4.69) is 9.71 Å². The van der Waals surface area contributed by atoms with Crippen LogP contribution in [0.2, 0.25) is 0 Å². The van der Waals surface area contributed by atoms with Gasteiger partial charge in [-0.15, -0.1) is 0 Å². The van der Waals surface area contributed by atoms with Gasteiger partial charge in [-0.1, -0.05) is 18.2 Å². The van der Waals surface area contributed by atoms with Crippen LogP contribution in [-0.2, 0) is 16.6 Å². The van der Waals surface area contributed by atoms with E-state index in [0.29, 0.717) is 17.2 Å². The second kappa shape index (κ2) is 8.15. The second-order valence-electron chi connectivity index (χ2n) is 5.54. The topological polar surface area (TPSA) is 77.5 Å². The van der Waals surface area contributed by atoms with Crippen molar-refractivity contribution in [3.05, 3.63) is 78.2 Å². The predicted molar refractivity (Wildman–Crippen MR) is 97.7 cm³/mol. The molecule has 0 spiro atoms. The molecule has 0 aliphatic heterocycles. The Bertz CT molecular complexity index is 1030. The molecule has 0 radical (unpaired) electrons. The number of methoxy groups -OCH3 is 1. The Hall–Kier alpha value is -2.97. The van der Waals surface area contributed by atoms with Gasteiger partial charge in [0.1, 0.15) is 22.2 Å². The Kier molecular flexibility index (Phi) is 5.68. The molecule has 0 amide bonds. The van der Waals surface area contributed by atoms with Crippen molar-refractivity contribution in [2.24, 2.45) is 0 Å². The summed E-state index contributed by atoms with van der Waals surface area (Å²) in [5, 5.41) is 0. The molecule has 6 nitrogen and oxygen atoms in total. The molecule has 140 valence electrons. The lowest BCUT2D eigenvalue weighted by Gasteiger charge is -2.11. The van der Waals surface area contributed by atoms with Gasteiger partial charge in [0.2, 0.25) is 15.9 Å². The average Bonchev–Trinajstić information content (AvgIpc) is 2.67. The quantitative estimate of drug-likeness (QED) is 0.670. The van der Waals surface area contributed by atoms with E-state index < -0.39 is 15.8 Å². The molecule has 3 aromatic rings. The first-order chi connectivity index (χ1) is 13.0. The van der Waals surface area contributed by atoms with Crippen LogP contribution in [0.25, 0.3) is 0 Å². The molecule has 1 N–H and O–H groups in total. The maximum atomic E-state index is 13.5. The van der Waals surface area contributed by atoms with Crippen molar-refractivity contribution >= 4 is 10.0 Å². The first-order valence-electron chi connectivity index (χ1n) is 7.99. The van der Waals surface area contributed by atoms with E-state index in [0.717, 1.165) is 12.1 Å². The summed E-state index contributed by atoms with van der Waals surface area (Å²) in [4.78, 5) is 3.81. The fraction of sp³-hybridized carbons (Fsp3) is 0.105. The number of benzene rings is 2. The molecule has 1 aromatic heterocycles. The third kappa shape index (κ3) is 4.81. The number of ether oxygens (including phenoxy) is 2. The molecule has 0 aliphatic rings. The number of sulfonamides is 1. The predicted octanol–water partition coefficient (Wildman–Crippen LogP) is 3.50. The van der Waals surface area contributed by atoms with Gasteiger partial charge in [0.05, 0.1) is 7.11 Å². The average molecular weight is 388 g/mol. The van der Waals surface area contributed by atoms with E-state index in [4.69, 9.17) is 9.47 Å². The highest BCUT2D eigenvalue weighted by atomic mass is 32.2. The van der Waals surface area contributed by atoms with Crippen LogP contribution in [-0.4, -0.2) is 20.5 Å². The van der Waals surface area contributed by atoms with E-state index >= 15 is 0 Å². The Morgan fingerprint density at radius 2 is 1.93 bits per heavy atom. The summed E-state index contributed by atoms with van der Waals surface area (Å²) in [6.07, 6.45) is 1.61. The number of aromatic nitrogens is 1. The Morgan fingerprint density at radius 3 is 2.67 bits per heavy atom. The van der Waals surface area contributed by atoms with Crippen molar-refractivity contribution in [3.8, 4) is 17.4 Å². The van der Waals surface area contributed by atoms with Crippen LogP contribution in [0, 0.1) is 5.82 Å². The van der Waals surface area contributed by atoms with Crippen molar-refractivity contribution < 1.29 is 22.3 Å². The van der Waals surface area contributed by atoms with Crippen molar-refractivity contribution in [2.45, 2.75) is 11.4 Å². The second-order valence-corrected chi connectivity index (χ2v) is 7.27. The summed E-state index contributed by atoms with van der Waals surface area (Å²) in [5.41, 5.74) is 0.669. The number of hydrogen-bond acceptors (Lipinski definition) is 5. The minimum absolute atomic E-state index is 0.00141. The van der Waals surface area contributed by atoms with Gasteiger partial charge >= 0.3 is 0 Å². The molecule has 0 bridgehead atoms. The van der Waals surface area contributed by atoms with Crippen LogP contribution in [0.5, 0.6) is 17.4 Å². The van der Waals surface area contributed by atoms with Gasteiger partial charge in [-0.05, 0) is 42.0 Å². The van der Waals surface area contributed by atoms with Crippen LogP contribution in [0.1, 0.15) is 5.56 Å². The first kappa shape index (κ1) is 18.8. The lowest BCUT2D eigenvalue weighted by molar-refractivity contribution is 0.400. The highest BCUT2D eigenvalue weighted by Crippen LogP contribution is 2.25. The van der Waals surface area contributed by atoms with Crippen LogP contribution < -0.4 is 14.2 Å². The summed E-state index contributed by atoms with van der Waals surface area (Å²) in [5.74, 6) is 0.353. The van der Waals surface area contributed by atoms with Crippen LogP contribution in [0.15, 0.2) is 71.8 Å². The summed E-state index contributed by atoms with van der Waals surface area (Å²) in [7, 11) is -2.64. The SMILES string of the molecule is COc1ccc(F)cc1S(=O)(=O)NCc1cccc(Oc2ccccn2)c1.